The normalized spacial score (nSPS) is 22.2. The topological polar surface area (TPSA) is 58.6 Å². The molecule has 1 aliphatic heterocycles. The number of esters is 1. The maximum atomic E-state index is 12.3. The van der Waals surface area contributed by atoms with E-state index in [0.717, 1.165) is 19.5 Å². The summed E-state index contributed by atoms with van der Waals surface area (Å²) >= 11 is 0. The van der Waals surface area contributed by atoms with Gasteiger partial charge in [0.25, 0.3) is 0 Å². The van der Waals surface area contributed by atoms with Crippen LogP contribution in [0.5, 0.6) is 0 Å². The van der Waals surface area contributed by atoms with E-state index in [1.165, 1.54) is 7.11 Å². The van der Waals surface area contributed by atoms with Crippen LogP contribution in [0.25, 0.3) is 0 Å². The Kier molecular flexibility index (Phi) is 4.51. The van der Waals surface area contributed by atoms with Crippen molar-refractivity contribution in [2.75, 3.05) is 20.2 Å². The number of nitrogens with zero attached hydrogens (tertiary/aromatic N) is 1. The number of methoxy groups -OCH3 is 1. The Labute approximate surface area is 102 Å². The van der Waals surface area contributed by atoms with Gasteiger partial charge in [-0.25, -0.2) is 0 Å². The Hall–Kier alpha value is -1.10. The highest BCUT2D eigenvalue weighted by Gasteiger charge is 2.34. The van der Waals surface area contributed by atoms with Crippen LogP contribution in [0.2, 0.25) is 0 Å². The zero-order valence-corrected chi connectivity index (χ0v) is 11.1. The van der Waals surface area contributed by atoms with Crippen LogP contribution in [0.15, 0.2) is 0 Å². The Bertz CT molecular complexity index is 297. The van der Waals surface area contributed by atoms with E-state index >= 15 is 0 Å². The molecule has 0 aliphatic carbocycles. The van der Waals surface area contributed by atoms with Gasteiger partial charge in [-0.05, 0) is 33.7 Å². The summed E-state index contributed by atoms with van der Waals surface area (Å²) in [6.07, 6.45) is 1.00. The number of nitrogens with one attached hydrogen (secondary N) is 1. The van der Waals surface area contributed by atoms with Gasteiger partial charge in [-0.15, -0.1) is 0 Å². The zero-order valence-electron chi connectivity index (χ0n) is 11.1. The number of rotatable bonds is 2. The van der Waals surface area contributed by atoms with Gasteiger partial charge < -0.3 is 15.0 Å². The van der Waals surface area contributed by atoms with Crippen LogP contribution in [0.3, 0.4) is 0 Å². The van der Waals surface area contributed by atoms with Crippen LogP contribution in [-0.4, -0.2) is 48.6 Å². The molecule has 1 atom stereocenters. The first kappa shape index (κ1) is 14.0. The minimum absolute atomic E-state index is 0.0135. The molecule has 5 nitrogen and oxygen atoms in total. The van der Waals surface area contributed by atoms with Crippen molar-refractivity contribution in [1.82, 2.24) is 10.2 Å². The predicted octanol–water partition coefficient (Wildman–Crippen LogP) is 0.539. The van der Waals surface area contributed by atoms with Crippen LogP contribution in [0.1, 0.15) is 33.6 Å². The van der Waals surface area contributed by atoms with Crippen molar-refractivity contribution < 1.29 is 14.3 Å². The Balaban J connectivity index is 2.77. The fourth-order valence-corrected chi connectivity index (χ4v) is 1.97. The summed E-state index contributed by atoms with van der Waals surface area (Å²) in [5, 5.41) is 3.11. The van der Waals surface area contributed by atoms with Gasteiger partial charge in [0, 0.05) is 12.1 Å². The van der Waals surface area contributed by atoms with Gasteiger partial charge in [-0.3, -0.25) is 9.59 Å². The van der Waals surface area contributed by atoms with E-state index in [0.29, 0.717) is 0 Å². The zero-order chi connectivity index (χ0) is 13.1. The van der Waals surface area contributed by atoms with Crippen LogP contribution in [-0.2, 0) is 14.3 Å². The largest absolute Gasteiger partial charge is 0.469 e. The highest BCUT2D eigenvalue weighted by atomic mass is 16.5. The first-order valence-corrected chi connectivity index (χ1v) is 5.98. The molecule has 1 fully saturated rings. The van der Waals surface area contributed by atoms with E-state index in [1.54, 1.807) is 0 Å². The lowest BCUT2D eigenvalue weighted by Crippen LogP contribution is -2.52. The van der Waals surface area contributed by atoms with Gasteiger partial charge in [0.1, 0.15) is 0 Å². The van der Waals surface area contributed by atoms with Crippen molar-refractivity contribution in [2.24, 2.45) is 0 Å². The van der Waals surface area contributed by atoms with Crippen molar-refractivity contribution in [1.29, 1.82) is 0 Å². The van der Waals surface area contributed by atoms with Crippen LogP contribution in [0, 0.1) is 0 Å². The second-order valence-corrected chi connectivity index (χ2v) is 5.30. The number of hydrogen-bond acceptors (Lipinski definition) is 4. The third-order valence-corrected chi connectivity index (χ3v) is 2.92. The summed E-state index contributed by atoms with van der Waals surface area (Å²) < 4.78 is 4.61. The van der Waals surface area contributed by atoms with Crippen molar-refractivity contribution in [3.63, 3.8) is 0 Å². The molecule has 0 saturated carbocycles. The van der Waals surface area contributed by atoms with Gasteiger partial charge in [-0.2, -0.15) is 0 Å². The van der Waals surface area contributed by atoms with E-state index < -0.39 is 6.04 Å². The number of hydrogen-bond donors (Lipinski definition) is 1. The predicted molar refractivity (Wildman–Crippen MR) is 64.5 cm³/mol. The van der Waals surface area contributed by atoms with E-state index in [-0.39, 0.29) is 23.8 Å². The second-order valence-electron chi connectivity index (χ2n) is 5.30. The first-order chi connectivity index (χ1) is 7.86. The summed E-state index contributed by atoms with van der Waals surface area (Å²) in [5.74, 6) is -0.369. The molecule has 0 aromatic rings. The lowest BCUT2D eigenvalue weighted by atomic mass is 10.0. The smallest absolute Gasteiger partial charge is 0.307 e. The summed E-state index contributed by atoms with van der Waals surface area (Å²) in [7, 11) is 1.34. The lowest BCUT2D eigenvalue weighted by molar-refractivity contribution is -0.146. The van der Waals surface area contributed by atoms with Crippen LogP contribution >= 0.6 is 0 Å². The van der Waals surface area contributed by atoms with E-state index in [1.807, 2.05) is 25.7 Å². The molecule has 1 heterocycles. The van der Waals surface area contributed by atoms with E-state index in [4.69, 9.17) is 0 Å². The molecular formula is C12H22N2O3. The minimum atomic E-state index is -0.454. The van der Waals surface area contributed by atoms with E-state index in [2.05, 4.69) is 10.1 Å². The summed E-state index contributed by atoms with van der Waals surface area (Å²) in [6, 6.07) is -0.454. The van der Waals surface area contributed by atoms with Crippen molar-refractivity contribution in [3.05, 3.63) is 0 Å². The maximum Gasteiger partial charge on any atom is 0.307 e. The lowest BCUT2D eigenvalue weighted by Gasteiger charge is -2.36. The number of carbonyl (C=O) groups excluding carboxylic acids is 2. The van der Waals surface area contributed by atoms with Gasteiger partial charge in [0.2, 0.25) is 5.91 Å². The van der Waals surface area contributed by atoms with E-state index in [9.17, 15) is 9.59 Å². The summed E-state index contributed by atoms with van der Waals surface area (Å²) in [4.78, 5) is 25.4. The molecule has 17 heavy (non-hydrogen) atoms. The van der Waals surface area contributed by atoms with Crippen molar-refractivity contribution in [2.45, 2.75) is 45.2 Å². The number of amides is 1. The molecule has 1 N–H and O–H groups in total. The Morgan fingerprint density at radius 3 is 2.71 bits per heavy atom. The molecule has 0 aromatic carbocycles. The van der Waals surface area contributed by atoms with Gasteiger partial charge in [0.15, 0.2) is 0 Å². The molecule has 0 bridgehead atoms. The first-order valence-electron chi connectivity index (χ1n) is 5.98. The molecule has 1 amide bonds. The summed E-state index contributed by atoms with van der Waals surface area (Å²) in [5.41, 5.74) is -0.211. The van der Waals surface area contributed by atoms with Gasteiger partial charge in [-0.1, -0.05) is 0 Å². The summed E-state index contributed by atoms with van der Waals surface area (Å²) in [6.45, 7) is 7.50. The monoisotopic (exact) mass is 242 g/mol. The number of carbonyl (C=O) groups is 2. The van der Waals surface area contributed by atoms with Crippen LogP contribution in [0.4, 0.5) is 0 Å². The molecule has 5 heteroatoms. The van der Waals surface area contributed by atoms with Crippen molar-refractivity contribution in [3.8, 4) is 0 Å². The molecule has 98 valence electrons. The molecule has 1 aliphatic rings. The molecule has 1 unspecified atom stereocenters. The fourth-order valence-electron chi connectivity index (χ4n) is 1.97. The van der Waals surface area contributed by atoms with Crippen LogP contribution < -0.4 is 5.32 Å². The average Bonchev–Trinajstić information content (AvgIpc) is 2.41. The molecule has 1 saturated heterocycles. The highest BCUT2D eigenvalue weighted by molar-refractivity contribution is 5.87. The highest BCUT2D eigenvalue weighted by Crippen LogP contribution is 2.18. The number of ether oxygens (including phenoxy) is 1. The average molecular weight is 242 g/mol. The molecule has 0 radical (unpaired) electrons. The molecule has 0 aromatic heterocycles. The second kappa shape index (κ2) is 5.49. The van der Waals surface area contributed by atoms with Crippen molar-refractivity contribution >= 4 is 11.9 Å². The van der Waals surface area contributed by atoms with Gasteiger partial charge in [0.05, 0.1) is 19.6 Å². The third-order valence-electron chi connectivity index (χ3n) is 2.92. The SMILES string of the molecule is COC(=O)CC1NCCCN(C(C)(C)C)C1=O. The standard InChI is InChI=1S/C12H22N2O3/c1-12(2,3)14-7-5-6-13-9(11(14)16)8-10(15)17-4/h9,13H,5-8H2,1-4H3. The Morgan fingerprint density at radius 1 is 1.53 bits per heavy atom. The maximum absolute atomic E-state index is 12.3. The fraction of sp³-hybridized carbons (Fsp3) is 0.833. The third kappa shape index (κ3) is 3.70. The molecule has 0 spiro atoms. The quantitative estimate of drug-likeness (QED) is 0.718. The minimum Gasteiger partial charge on any atom is -0.469 e. The molecule has 1 rings (SSSR count). The van der Waals surface area contributed by atoms with Gasteiger partial charge >= 0.3 is 5.97 Å². The molecular weight excluding hydrogens is 220 g/mol. The Morgan fingerprint density at radius 2 is 2.18 bits per heavy atom.